The molecule has 0 bridgehead atoms. The molecule has 2 aromatic heterocycles. The van der Waals surface area contributed by atoms with Gasteiger partial charge in [0.15, 0.2) is 0 Å². The third-order valence-corrected chi connectivity index (χ3v) is 4.10. The van der Waals surface area contributed by atoms with Crippen LogP contribution in [0.3, 0.4) is 0 Å². The van der Waals surface area contributed by atoms with Crippen LogP contribution in [-0.2, 0) is 11.2 Å². The molecule has 3 rings (SSSR count). The monoisotopic (exact) mass is 287 g/mol. The number of carboxylic acid groups (broad SMARTS) is 1. The van der Waals surface area contributed by atoms with Crippen LogP contribution in [0.25, 0.3) is 11.4 Å². The summed E-state index contributed by atoms with van der Waals surface area (Å²) >= 11 is 0. The van der Waals surface area contributed by atoms with Gasteiger partial charge in [0.25, 0.3) is 0 Å². The van der Waals surface area contributed by atoms with Crippen molar-refractivity contribution in [1.29, 1.82) is 0 Å². The fourth-order valence-electron chi connectivity index (χ4n) is 3.12. The third-order valence-electron chi connectivity index (χ3n) is 4.10. The number of hydrogen-bond acceptors (Lipinski definition) is 5. The molecule has 110 valence electrons. The lowest BCUT2D eigenvalue weighted by Crippen LogP contribution is -2.23. The Morgan fingerprint density at radius 3 is 2.86 bits per heavy atom. The predicted molar refractivity (Wildman–Crippen MR) is 74.4 cm³/mol. The van der Waals surface area contributed by atoms with Crippen LogP contribution in [0.2, 0.25) is 0 Å². The highest BCUT2D eigenvalue weighted by Crippen LogP contribution is 2.43. The van der Waals surface area contributed by atoms with Crippen LogP contribution < -0.4 is 0 Å². The highest BCUT2D eigenvalue weighted by atomic mass is 16.5. The molecular formula is C15H17N3O3. The summed E-state index contributed by atoms with van der Waals surface area (Å²) in [6.07, 6.45) is 8.01. The summed E-state index contributed by atoms with van der Waals surface area (Å²) in [6.45, 7) is 0. The first-order valence-corrected chi connectivity index (χ1v) is 7.12. The van der Waals surface area contributed by atoms with Crippen LogP contribution in [0.5, 0.6) is 0 Å². The van der Waals surface area contributed by atoms with E-state index in [1.165, 1.54) is 0 Å². The van der Waals surface area contributed by atoms with Gasteiger partial charge in [-0.2, -0.15) is 4.98 Å². The van der Waals surface area contributed by atoms with Crippen molar-refractivity contribution in [1.82, 2.24) is 15.1 Å². The number of nitrogens with zero attached hydrogens (tertiary/aromatic N) is 3. The molecule has 2 heterocycles. The van der Waals surface area contributed by atoms with E-state index in [-0.39, 0.29) is 11.8 Å². The molecule has 1 aliphatic rings. The molecule has 0 radical (unpaired) electrons. The summed E-state index contributed by atoms with van der Waals surface area (Å²) in [5.74, 6) is 0.252. The summed E-state index contributed by atoms with van der Waals surface area (Å²) < 4.78 is 5.31. The molecule has 1 N–H and O–H groups in total. The Kier molecular flexibility index (Phi) is 3.68. The lowest BCUT2D eigenvalue weighted by atomic mass is 9.79. The van der Waals surface area contributed by atoms with Crippen LogP contribution in [-0.4, -0.2) is 26.2 Å². The summed E-state index contributed by atoms with van der Waals surface area (Å²) in [5, 5.41) is 13.1. The minimum Gasteiger partial charge on any atom is -0.481 e. The maximum Gasteiger partial charge on any atom is 0.303 e. The number of carbonyl (C=O) groups is 1. The van der Waals surface area contributed by atoms with Gasteiger partial charge in [0.05, 0.1) is 6.42 Å². The van der Waals surface area contributed by atoms with Gasteiger partial charge in [-0.25, -0.2) is 0 Å². The Hall–Kier alpha value is -2.24. The molecule has 6 heteroatoms. The molecule has 0 amide bonds. The number of hydrogen-bond donors (Lipinski definition) is 1. The van der Waals surface area contributed by atoms with Crippen molar-refractivity contribution in [2.75, 3.05) is 0 Å². The van der Waals surface area contributed by atoms with E-state index in [4.69, 9.17) is 9.63 Å². The van der Waals surface area contributed by atoms with Crippen molar-refractivity contribution in [2.45, 2.75) is 38.5 Å². The van der Waals surface area contributed by atoms with Gasteiger partial charge in [0.1, 0.15) is 0 Å². The van der Waals surface area contributed by atoms with E-state index < -0.39 is 5.97 Å². The van der Waals surface area contributed by atoms with E-state index in [1.54, 1.807) is 12.4 Å². The molecular weight excluding hydrogens is 270 g/mol. The predicted octanol–water partition coefficient (Wildman–Crippen LogP) is 2.71. The van der Waals surface area contributed by atoms with E-state index in [1.807, 2.05) is 12.1 Å². The van der Waals surface area contributed by atoms with Crippen LogP contribution in [0.1, 0.15) is 38.0 Å². The average molecular weight is 287 g/mol. The lowest BCUT2D eigenvalue weighted by Gasteiger charge is -2.24. The molecule has 0 aliphatic heterocycles. The highest BCUT2D eigenvalue weighted by Gasteiger charge is 2.37. The van der Waals surface area contributed by atoms with Crippen molar-refractivity contribution in [3.05, 3.63) is 30.4 Å². The zero-order chi connectivity index (χ0) is 14.7. The minimum atomic E-state index is -0.760. The molecule has 1 fully saturated rings. The molecule has 0 unspecified atom stereocenters. The van der Waals surface area contributed by atoms with Crippen molar-refractivity contribution < 1.29 is 14.4 Å². The van der Waals surface area contributed by atoms with Gasteiger partial charge in [0, 0.05) is 24.4 Å². The summed E-state index contributed by atoms with van der Waals surface area (Å²) in [4.78, 5) is 19.5. The van der Waals surface area contributed by atoms with Crippen molar-refractivity contribution in [2.24, 2.45) is 5.41 Å². The number of carboxylic acids is 1. The van der Waals surface area contributed by atoms with Gasteiger partial charge in [-0.15, -0.1) is 0 Å². The highest BCUT2D eigenvalue weighted by molar-refractivity contribution is 5.67. The quantitative estimate of drug-likeness (QED) is 0.909. The lowest BCUT2D eigenvalue weighted by molar-refractivity contribution is -0.139. The Labute approximate surface area is 122 Å². The van der Waals surface area contributed by atoms with Gasteiger partial charge in [-0.05, 0) is 30.4 Å². The van der Waals surface area contributed by atoms with Crippen LogP contribution in [0, 0.1) is 5.41 Å². The molecule has 1 saturated carbocycles. The molecule has 2 aromatic rings. The largest absolute Gasteiger partial charge is 0.481 e. The minimum absolute atomic E-state index is 0.164. The normalized spacial score (nSPS) is 17.0. The molecule has 0 spiro atoms. The second kappa shape index (κ2) is 5.63. The summed E-state index contributed by atoms with van der Waals surface area (Å²) in [5.41, 5.74) is 0.566. The smallest absolute Gasteiger partial charge is 0.303 e. The van der Waals surface area contributed by atoms with E-state index in [0.29, 0.717) is 18.1 Å². The van der Waals surface area contributed by atoms with Crippen molar-refractivity contribution >= 4 is 5.97 Å². The third kappa shape index (κ3) is 3.09. The fraction of sp³-hybridized carbons (Fsp3) is 0.467. The SMILES string of the molecule is O=C(O)CC1(Cc2nc(-c3cccnc3)no2)CCCC1. The average Bonchev–Trinajstić information content (AvgIpc) is 3.09. The van der Waals surface area contributed by atoms with Gasteiger partial charge in [0.2, 0.25) is 11.7 Å². The number of aliphatic carboxylic acids is 1. The first-order chi connectivity index (χ1) is 10.2. The Morgan fingerprint density at radius 1 is 1.38 bits per heavy atom. The molecule has 0 aromatic carbocycles. The molecule has 6 nitrogen and oxygen atoms in total. The number of aromatic nitrogens is 3. The maximum atomic E-state index is 11.1. The van der Waals surface area contributed by atoms with Gasteiger partial charge in [-0.1, -0.05) is 18.0 Å². The Bertz CT molecular complexity index is 618. The van der Waals surface area contributed by atoms with Gasteiger partial charge < -0.3 is 9.63 Å². The Balaban J connectivity index is 1.78. The van der Waals surface area contributed by atoms with Crippen LogP contribution in [0.4, 0.5) is 0 Å². The van der Waals surface area contributed by atoms with Crippen LogP contribution in [0.15, 0.2) is 29.0 Å². The molecule has 21 heavy (non-hydrogen) atoms. The number of pyridine rings is 1. The first kappa shape index (κ1) is 13.7. The second-order valence-corrected chi connectivity index (χ2v) is 5.71. The van der Waals surface area contributed by atoms with Gasteiger partial charge >= 0.3 is 5.97 Å². The van der Waals surface area contributed by atoms with E-state index in [9.17, 15) is 4.79 Å². The van der Waals surface area contributed by atoms with Crippen LogP contribution >= 0.6 is 0 Å². The van der Waals surface area contributed by atoms with Crippen molar-refractivity contribution in [3.63, 3.8) is 0 Å². The van der Waals surface area contributed by atoms with Crippen molar-refractivity contribution in [3.8, 4) is 11.4 Å². The van der Waals surface area contributed by atoms with E-state index in [2.05, 4.69) is 15.1 Å². The molecule has 1 aliphatic carbocycles. The second-order valence-electron chi connectivity index (χ2n) is 5.71. The maximum absolute atomic E-state index is 11.1. The van der Waals surface area contributed by atoms with Gasteiger partial charge in [-0.3, -0.25) is 9.78 Å². The fourth-order valence-corrected chi connectivity index (χ4v) is 3.12. The summed E-state index contributed by atoms with van der Waals surface area (Å²) in [7, 11) is 0. The first-order valence-electron chi connectivity index (χ1n) is 7.12. The number of rotatable bonds is 5. The zero-order valence-corrected chi connectivity index (χ0v) is 11.7. The van der Waals surface area contributed by atoms with E-state index >= 15 is 0 Å². The topological polar surface area (TPSA) is 89.1 Å². The molecule has 0 atom stereocenters. The van der Waals surface area contributed by atoms with E-state index in [0.717, 1.165) is 31.2 Å². The standard InChI is InChI=1S/C15H17N3O3/c19-13(20)9-15(5-1-2-6-15)8-12-17-14(18-21-12)11-4-3-7-16-10-11/h3-4,7,10H,1-2,5-6,8-9H2,(H,19,20). The summed E-state index contributed by atoms with van der Waals surface area (Å²) in [6, 6.07) is 3.68. The Morgan fingerprint density at radius 2 is 2.19 bits per heavy atom. The molecule has 0 saturated heterocycles. The zero-order valence-electron chi connectivity index (χ0n) is 11.7.